The molecule has 1 aromatic carbocycles. The number of nitrogens with one attached hydrogen (secondary N) is 1. The molecule has 7 nitrogen and oxygen atoms in total. The molecule has 1 amide bonds. The minimum atomic E-state index is -0.632. The van der Waals surface area contributed by atoms with E-state index in [1.807, 2.05) is 45.9 Å². The molecule has 1 aliphatic heterocycles. The minimum absolute atomic E-state index is 0.0728. The van der Waals surface area contributed by atoms with Crippen LogP contribution in [0.2, 0.25) is 0 Å². The molecule has 1 fully saturated rings. The van der Waals surface area contributed by atoms with Crippen molar-refractivity contribution in [2.45, 2.75) is 91.0 Å². The summed E-state index contributed by atoms with van der Waals surface area (Å²) >= 11 is 0. The molecular formula is C27H42N2O5. The van der Waals surface area contributed by atoms with E-state index in [1.165, 1.54) is 14.0 Å². The van der Waals surface area contributed by atoms with Crippen molar-refractivity contribution in [3.05, 3.63) is 35.9 Å². The summed E-state index contributed by atoms with van der Waals surface area (Å²) in [6.45, 7) is 11.6. The Bertz CT molecular complexity index is 820. The van der Waals surface area contributed by atoms with Crippen molar-refractivity contribution in [2.24, 2.45) is 11.8 Å². The number of likely N-dealkylation sites (tertiary alicyclic amines) is 1. The second kappa shape index (κ2) is 12.3. The van der Waals surface area contributed by atoms with Crippen molar-refractivity contribution in [2.75, 3.05) is 13.7 Å². The first-order chi connectivity index (χ1) is 16.0. The average molecular weight is 475 g/mol. The van der Waals surface area contributed by atoms with Gasteiger partial charge in [-0.05, 0) is 58.4 Å². The predicted octanol–water partition coefficient (Wildman–Crippen LogP) is 3.74. The molecule has 1 saturated heterocycles. The van der Waals surface area contributed by atoms with Crippen LogP contribution in [0.3, 0.4) is 0 Å². The smallest absolute Gasteiger partial charge is 0.323 e. The molecule has 0 bridgehead atoms. The molecule has 190 valence electrons. The third kappa shape index (κ3) is 7.83. The van der Waals surface area contributed by atoms with Crippen molar-refractivity contribution in [3.63, 3.8) is 0 Å². The molecule has 1 heterocycles. The quantitative estimate of drug-likeness (QED) is 0.520. The number of nitrogens with zero attached hydrogens (tertiary/aromatic N) is 1. The second-order valence-electron chi connectivity index (χ2n) is 10.4. The monoisotopic (exact) mass is 474 g/mol. The first-order valence-electron chi connectivity index (χ1n) is 12.3. The summed E-state index contributed by atoms with van der Waals surface area (Å²) in [4.78, 5) is 39.9. The number of rotatable bonds is 10. The summed E-state index contributed by atoms with van der Waals surface area (Å²) in [6, 6.07) is 9.43. The molecule has 0 aliphatic carbocycles. The maximum absolute atomic E-state index is 13.3. The van der Waals surface area contributed by atoms with E-state index in [0.29, 0.717) is 19.4 Å². The zero-order valence-corrected chi connectivity index (χ0v) is 21.8. The SMILES string of the molecule is CCCC(C(C)NC(C)=O)C(Cc1ccccc1)N1CC(C(=O)OC)CC1C(=O)OC(C)(C)C. The Morgan fingerprint density at radius 2 is 1.79 bits per heavy atom. The molecular weight excluding hydrogens is 432 g/mol. The Labute approximate surface area is 204 Å². The summed E-state index contributed by atoms with van der Waals surface area (Å²) < 4.78 is 10.8. The lowest BCUT2D eigenvalue weighted by molar-refractivity contribution is -0.161. The Balaban J connectivity index is 2.50. The van der Waals surface area contributed by atoms with Gasteiger partial charge in [0.25, 0.3) is 0 Å². The van der Waals surface area contributed by atoms with Gasteiger partial charge < -0.3 is 14.8 Å². The maximum Gasteiger partial charge on any atom is 0.323 e. The maximum atomic E-state index is 13.3. The lowest BCUT2D eigenvalue weighted by Gasteiger charge is -2.41. The molecule has 1 aliphatic rings. The zero-order valence-electron chi connectivity index (χ0n) is 21.8. The molecule has 1 N–H and O–H groups in total. The number of methoxy groups -OCH3 is 1. The van der Waals surface area contributed by atoms with Gasteiger partial charge in [0, 0.05) is 25.6 Å². The van der Waals surface area contributed by atoms with Crippen LogP contribution >= 0.6 is 0 Å². The van der Waals surface area contributed by atoms with Gasteiger partial charge in [0.15, 0.2) is 0 Å². The fourth-order valence-electron chi connectivity index (χ4n) is 5.07. The van der Waals surface area contributed by atoms with E-state index in [4.69, 9.17) is 9.47 Å². The lowest BCUT2D eigenvalue weighted by atomic mass is 9.83. The van der Waals surface area contributed by atoms with Crippen molar-refractivity contribution in [1.82, 2.24) is 10.2 Å². The van der Waals surface area contributed by atoms with Gasteiger partial charge in [-0.1, -0.05) is 43.7 Å². The third-order valence-corrected chi connectivity index (χ3v) is 6.46. The third-order valence-electron chi connectivity index (χ3n) is 6.46. The number of carbonyl (C=O) groups is 3. The first kappa shape index (κ1) is 27.8. The molecule has 2 rings (SSSR count). The van der Waals surface area contributed by atoms with Gasteiger partial charge in [0.2, 0.25) is 5.91 Å². The number of hydrogen-bond donors (Lipinski definition) is 1. The number of hydrogen-bond acceptors (Lipinski definition) is 6. The number of esters is 2. The summed E-state index contributed by atoms with van der Waals surface area (Å²) in [5, 5.41) is 3.07. The summed E-state index contributed by atoms with van der Waals surface area (Å²) in [5.41, 5.74) is 0.515. The molecule has 0 aromatic heterocycles. The molecule has 0 saturated carbocycles. The molecule has 0 radical (unpaired) electrons. The van der Waals surface area contributed by atoms with Crippen LogP contribution < -0.4 is 5.32 Å². The molecule has 1 aromatic rings. The van der Waals surface area contributed by atoms with E-state index in [0.717, 1.165) is 18.4 Å². The van der Waals surface area contributed by atoms with Gasteiger partial charge in [0.1, 0.15) is 11.6 Å². The number of carbonyl (C=O) groups excluding carboxylic acids is 3. The van der Waals surface area contributed by atoms with Crippen LogP contribution in [0, 0.1) is 11.8 Å². The van der Waals surface area contributed by atoms with Gasteiger partial charge in [-0.2, -0.15) is 0 Å². The average Bonchev–Trinajstić information content (AvgIpc) is 3.20. The van der Waals surface area contributed by atoms with Crippen molar-refractivity contribution < 1.29 is 23.9 Å². The van der Waals surface area contributed by atoms with E-state index < -0.39 is 17.6 Å². The first-order valence-corrected chi connectivity index (χ1v) is 12.3. The Morgan fingerprint density at radius 1 is 1.15 bits per heavy atom. The summed E-state index contributed by atoms with van der Waals surface area (Å²) in [7, 11) is 1.38. The second-order valence-corrected chi connectivity index (χ2v) is 10.4. The minimum Gasteiger partial charge on any atom is -0.469 e. The van der Waals surface area contributed by atoms with Crippen LogP contribution in [0.1, 0.15) is 66.4 Å². The highest BCUT2D eigenvalue weighted by molar-refractivity contribution is 5.80. The highest BCUT2D eigenvalue weighted by Gasteiger charge is 2.47. The van der Waals surface area contributed by atoms with Crippen molar-refractivity contribution in [1.29, 1.82) is 0 Å². The van der Waals surface area contributed by atoms with Crippen LogP contribution in [0.4, 0.5) is 0 Å². The lowest BCUT2D eigenvalue weighted by Crippen LogP contribution is -2.54. The zero-order chi connectivity index (χ0) is 25.5. The summed E-state index contributed by atoms with van der Waals surface area (Å²) in [6.07, 6.45) is 2.87. The van der Waals surface area contributed by atoms with Gasteiger partial charge >= 0.3 is 11.9 Å². The fraction of sp³-hybridized carbons (Fsp3) is 0.667. The number of amides is 1. The molecule has 7 heteroatoms. The van der Waals surface area contributed by atoms with Crippen LogP contribution in [-0.4, -0.2) is 60.1 Å². The van der Waals surface area contributed by atoms with E-state index in [2.05, 4.69) is 29.3 Å². The summed E-state index contributed by atoms with van der Waals surface area (Å²) in [5.74, 6) is -1.03. The number of benzene rings is 1. The fourth-order valence-corrected chi connectivity index (χ4v) is 5.07. The highest BCUT2D eigenvalue weighted by Crippen LogP contribution is 2.34. The van der Waals surface area contributed by atoms with Crippen LogP contribution in [0.25, 0.3) is 0 Å². The van der Waals surface area contributed by atoms with Crippen LogP contribution in [-0.2, 0) is 30.3 Å². The van der Waals surface area contributed by atoms with E-state index in [1.54, 1.807) is 0 Å². The number of ether oxygens (including phenoxy) is 2. The van der Waals surface area contributed by atoms with Gasteiger partial charge in [-0.3, -0.25) is 19.3 Å². The van der Waals surface area contributed by atoms with Gasteiger partial charge in [-0.15, -0.1) is 0 Å². The van der Waals surface area contributed by atoms with E-state index in [9.17, 15) is 14.4 Å². The highest BCUT2D eigenvalue weighted by atomic mass is 16.6. The van der Waals surface area contributed by atoms with E-state index in [-0.39, 0.29) is 35.8 Å². The molecule has 5 atom stereocenters. The van der Waals surface area contributed by atoms with Crippen LogP contribution in [0.15, 0.2) is 30.3 Å². The van der Waals surface area contributed by atoms with Gasteiger partial charge in [-0.25, -0.2) is 0 Å². The normalized spacial score (nSPS) is 21.4. The molecule has 5 unspecified atom stereocenters. The largest absolute Gasteiger partial charge is 0.469 e. The van der Waals surface area contributed by atoms with Crippen molar-refractivity contribution >= 4 is 17.8 Å². The Morgan fingerprint density at radius 3 is 2.32 bits per heavy atom. The Hall–Kier alpha value is -2.41. The molecule has 34 heavy (non-hydrogen) atoms. The van der Waals surface area contributed by atoms with Crippen molar-refractivity contribution in [3.8, 4) is 0 Å². The molecule has 0 spiro atoms. The topological polar surface area (TPSA) is 84.9 Å². The predicted molar refractivity (Wildman–Crippen MR) is 132 cm³/mol. The van der Waals surface area contributed by atoms with E-state index >= 15 is 0 Å². The van der Waals surface area contributed by atoms with Gasteiger partial charge in [0.05, 0.1) is 13.0 Å². The van der Waals surface area contributed by atoms with Crippen LogP contribution in [0.5, 0.6) is 0 Å². The Kier molecular flexibility index (Phi) is 10.1. The standard InChI is InChI=1S/C27H42N2O5/c1-8-12-22(18(2)28-19(3)30)23(15-20-13-10-9-11-14-20)29-17-21(25(31)33-7)16-24(29)26(32)34-27(4,5)6/h9-11,13-14,18,21-24H,8,12,15-17H2,1-7H3,(H,28,30).